The van der Waals surface area contributed by atoms with Crippen LogP contribution in [0.1, 0.15) is 16.7 Å². The normalized spacial score (nSPS) is 11.0. The highest BCUT2D eigenvalue weighted by Crippen LogP contribution is 2.37. The van der Waals surface area contributed by atoms with Crippen molar-refractivity contribution in [2.45, 2.75) is 13.2 Å². The van der Waals surface area contributed by atoms with Gasteiger partial charge in [0.2, 0.25) is 0 Å². The third kappa shape index (κ3) is 6.05. The first kappa shape index (κ1) is 22.8. The molecule has 3 aromatic rings. The molecule has 0 saturated carbocycles. The van der Waals surface area contributed by atoms with Gasteiger partial charge in [0.15, 0.2) is 11.5 Å². The van der Waals surface area contributed by atoms with Crippen LogP contribution in [0.2, 0.25) is 15.1 Å². The van der Waals surface area contributed by atoms with Gasteiger partial charge in [-0.2, -0.15) is 5.10 Å². The number of benzene rings is 3. The minimum atomic E-state index is 0.389. The summed E-state index contributed by atoms with van der Waals surface area (Å²) in [6.45, 7) is 0.801. The summed E-state index contributed by atoms with van der Waals surface area (Å²) in [5.74, 6) is 1.20. The summed E-state index contributed by atoms with van der Waals surface area (Å²) in [5, 5.41) is 6.12. The number of rotatable bonds is 8. The number of nitrogens with one attached hydrogen (secondary N) is 1. The van der Waals surface area contributed by atoms with E-state index in [2.05, 4.69) is 26.5 Å². The van der Waals surface area contributed by atoms with Crippen LogP contribution < -0.4 is 14.9 Å². The van der Waals surface area contributed by atoms with Gasteiger partial charge in [0.1, 0.15) is 6.61 Å². The summed E-state index contributed by atoms with van der Waals surface area (Å²) >= 11 is 21.8. The average molecular weight is 529 g/mol. The molecule has 0 aliphatic heterocycles. The SMILES string of the molecule is COc1cc(/C=N\NCc2c(Cl)cccc2Cl)cc(Br)c1OCc1ccc(Cl)cc1. The molecule has 30 heavy (non-hydrogen) atoms. The van der Waals surface area contributed by atoms with Crippen LogP contribution in [0, 0.1) is 0 Å². The molecule has 0 amide bonds. The minimum Gasteiger partial charge on any atom is -0.493 e. The van der Waals surface area contributed by atoms with Gasteiger partial charge in [0, 0.05) is 20.6 Å². The van der Waals surface area contributed by atoms with Gasteiger partial charge in [-0.25, -0.2) is 0 Å². The Morgan fingerprint density at radius 1 is 1.03 bits per heavy atom. The summed E-state index contributed by atoms with van der Waals surface area (Å²) < 4.78 is 12.2. The number of ether oxygens (including phenoxy) is 2. The molecule has 0 aliphatic carbocycles. The lowest BCUT2D eigenvalue weighted by Crippen LogP contribution is -2.07. The maximum absolute atomic E-state index is 6.17. The monoisotopic (exact) mass is 526 g/mol. The zero-order valence-corrected chi connectivity index (χ0v) is 19.8. The van der Waals surface area contributed by atoms with Gasteiger partial charge in [-0.05, 0) is 63.5 Å². The fraction of sp³-hybridized carbons (Fsp3) is 0.136. The predicted molar refractivity (Wildman–Crippen MR) is 127 cm³/mol. The van der Waals surface area contributed by atoms with Crippen LogP contribution in [-0.2, 0) is 13.2 Å². The highest BCUT2D eigenvalue weighted by atomic mass is 79.9. The lowest BCUT2D eigenvalue weighted by atomic mass is 10.2. The van der Waals surface area contributed by atoms with E-state index in [1.54, 1.807) is 31.5 Å². The standard InChI is InChI=1S/C22H18BrCl3N2O2/c1-29-21-10-15(11-27-28-12-17-19(25)3-2-4-20(17)26)9-18(23)22(21)30-13-14-5-7-16(24)8-6-14/h2-11,28H,12-13H2,1H3/b27-11-. The molecule has 0 bridgehead atoms. The van der Waals surface area contributed by atoms with Gasteiger partial charge >= 0.3 is 0 Å². The second kappa shape index (κ2) is 10.9. The second-order valence-electron chi connectivity index (χ2n) is 6.24. The third-order valence-corrected chi connectivity index (χ3v) is 5.72. The van der Waals surface area contributed by atoms with E-state index < -0.39 is 0 Å². The fourth-order valence-corrected chi connectivity index (χ4v) is 3.87. The molecule has 1 N–H and O–H groups in total. The first-order valence-electron chi connectivity index (χ1n) is 8.91. The lowest BCUT2D eigenvalue weighted by Gasteiger charge is -2.13. The smallest absolute Gasteiger partial charge is 0.175 e. The van der Waals surface area contributed by atoms with Gasteiger partial charge < -0.3 is 14.9 Å². The van der Waals surface area contributed by atoms with E-state index in [0.29, 0.717) is 39.7 Å². The van der Waals surface area contributed by atoms with Crippen molar-refractivity contribution in [2.24, 2.45) is 5.10 Å². The highest BCUT2D eigenvalue weighted by Gasteiger charge is 2.12. The van der Waals surface area contributed by atoms with Gasteiger partial charge in [-0.15, -0.1) is 0 Å². The van der Waals surface area contributed by atoms with E-state index in [1.165, 1.54) is 0 Å². The quantitative estimate of drug-likeness (QED) is 0.250. The Morgan fingerprint density at radius 2 is 1.73 bits per heavy atom. The molecule has 0 aliphatic rings. The lowest BCUT2D eigenvalue weighted by molar-refractivity contribution is 0.282. The molecule has 3 rings (SSSR count). The fourth-order valence-electron chi connectivity index (χ4n) is 2.64. The van der Waals surface area contributed by atoms with E-state index in [4.69, 9.17) is 44.3 Å². The van der Waals surface area contributed by atoms with Crippen molar-refractivity contribution >= 4 is 56.9 Å². The number of hydrogen-bond donors (Lipinski definition) is 1. The Balaban J connectivity index is 1.67. The van der Waals surface area contributed by atoms with Crippen LogP contribution in [0.15, 0.2) is 64.2 Å². The van der Waals surface area contributed by atoms with Crippen molar-refractivity contribution in [2.75, 3.05) is 7.11 Å². The van der Waals surface area contributed by atoms with Gasteiger partial charge in [-0.3, -0.25) is 0 Å². The highest BCUT2D eigenvalue weighted by molar-refractivity contribution is 9.10. The molecule has 0 aromatic heterocycles. The molecule has 0 unspecified atom stereocenters. The summed E-state index contributed by atoms with van der Waals surface area (Å²) in [7, 11) is 1.59. The summed E-state index contributed by atoms with van der Waals surface area (Å²) in [5.41, 5.74) is 5.58. The Kier molecular flexibility index (Phi) is 8.28. The molecule has 0 heterocycles. The van der Waals surface area contributed by atoms with Crippen LogP contribution in [0.4, 0.5) is 0 Å². The zero-order chi connectivity index (χ0) is 21.5. The van der Waals surface area contributed by atoms with Crippen LogP contribution in [0.25, 0.3) is 0 Å². The molecule has 4 nitrogen and oxygen atoms in total. The molecule has 8 heteroatoms. The van der Waals surface area contributed by atoms with Crippen LogP contribution in [-0.4, -0.2) is 13.3 Å². The maximum atomic E-state index is 6.17. The molecule has 0 fully saturated rings. The molecule has 0 spiro atoms. The first-order valence-corrected chi connectivity index (χ1v) is 10.8. The van der Waals surface area contributed by atoms with Gasteiger partial charge in [0.25, 0.3) is 0 Å². The van der Waals surface area contributed by atoms with Crippen LogP contribution in [0.3, 0.4) is 0 Å². The number of methoxy groups -OCH3 is 1. The van der Waals surface area contributed by atoms with Crippen molar-refractivity contribution in [3.63, 3.8) is 0 Å². The van der Waals surface area contributed by atoms with E-state index in [9.17, 15) is 0 Å². The van der Waals surface area contributed by atoms with E-state index >= 15 is 0 Å². The summed E-state index contributed by atoms with van der Waals surface area (Å²) in [4.78, 5) is 0. The van der Waals surface area contributed by atoms with Crippen molar-refractivity contribution in [1.82, 2.24) is 5.43 Å². The molecule has 0 saturated heterocycles. The largest absolute Gasteiger partial charge is 0.493 e. The van der Waals surface area contributed by atoms with Crippen molar-refractivity contribution in [3.8, 4) is 11.5 Å². The Hall–Kier alpha value is -1.92. The Morgan fingerprint density at radius 3 is 2.40 bits per heavy atom. The van der Waals surface area contributed by atoms with Crippen LogP contribution in [0.5, 0.6) is 11.5 Å². The number of halogens is 4. The van der Waals surface area contributed by atoms with Crippen LogP contribution >= 0.6 is 50.7 Å². The molecular weight excluding hydrogens is 511 g/mol. The van der Waals surface area contributed by atoms with Gasteiger partial charge in [0.05, 0.1) is 24.3 Å². The van der Waals surface area contributed by atoms with E-state index in [-0.39, 0.29) is 0 Å². The maximum Gasteiger partial charge on any atom is 0.175 e. The second-order valence-corrected chi connectivity index (χ2v) is 8.35. The number of hydrazone groups is 1. The average Bonchev–Trinajstić information content (AvgIpc) is 2.73. The Labute approximate surface area is 198 Å². The zero-order valence-electron chi connectivity index (χ0n) is 16.0. The molecule has 0 radical (unpaired) electrons. The van der Waals surface area contributed by atoms with Crippen molar-refractivity contribution in [1.29, 1.82) is 0 Å². The van der Waals surface area contributed by atoms with Crippen molar-refractivity contribution in [3.05, 3.63) is 90.8 Å². The minimum absolute atomic E-state index is 0.389. The first-order chi connectivity index (χ1) is 14.5. The third-order valence-electron chi connectivity index (χ3n) is 4.17. The summed E-state index contributed by atoms with van der Waals surface area (Å²) in [6.07, 6.45) is 1.68. The molecular formula is C22H18BrCl3N2O2. The number of hydrogen-bond acceptors (Lipinski definition) is 4. The topological polar surface area (TPSA) is 42.8 Å². The van der Waals surface area contributed by atoms with E-state index in [1.807, 2.05) is 36.4 Å². The molecule has 0 atom stereocenters. The predicted octanol–water partition coefficient (Wildman–Crippen LogP) is 7.12. The van der Waals surface area contributed by atoms with Gasteiger partial charge in [-0.1, -0.05) is 53.0 Å². The van der Waals surface area contributed by atoms with Crippen molar-refractivity contribution < 1.29 is 9.47 Å². The molecule has 3 aromatic carbocycles. The van der Waals surface area contributed by atoms with E-state index in [0.717, 1.165) is 21.2 Å². The summed E-state index contributed by atoms with van der Waals surface area (Å²) in [6, 6.07) is 16.6. The number of nitrogens with zero attached hydrogens (tertiary/aromatic N) is 1. The molecule has 156 valence electrons. The Bertz CT molecular complexity index is 1020.